The summed E-state index contributed by atoms with van der Waals surface area (Å²) >= 11 is 0. The van der Waals surface area contributed by atoms with Crippen molar-refractivity contribution in [2.24, 2.45) is 0 Å². The second kappa shape index (κ2) is 7.43. The number of nitrogens with zero attached hydrogens (tertiary/aromatic N) is 2. The zero-order valence-corrected chi connectivity index (χ0v) is 13.4. The highest BCUT2D eigenvalue weighted by molar-refractivity contribution is 5.75. The number of carbonyl (C=O) groups excluding carboxylic acids is 1. The Kier molecular flexibility index (Phi) is 6.20. The van der Waals surface area contributed by atoms with Crippen LogP contribution in [0.15, 0.2) is 6.07 Å². The molecule has 1 amide bonds. The molecule has 5 nitrogen and oxygen atoms in total. The van der Waals surface area contributed by atoms with Gasteiger partial charge < -0.3 is 10.6 Å². The van der Waals surface area contributed by atoms with E-state index in [1.165, 1.54) is 5.69 Å². The van der Waals surface area contributed by atoms with Gasteiger partial charge in [0, 0.05) is 37.3 Å². The topological polar surface area (TPSA) is 59.0 Å². The number of nitrogens with one attached hydrogen (secondary N) is 2. The Morgan fingerprint density at radius 1 is 1.30 bits per heavy atom. The molecule has 2 N–H and O–H groups in total. The average molecular weight is 280 g/mol. The summed E-state index contributed by atoms with van der Waals surface area (Å²) in [7, 11) is 0. The molecule has 0 unspecified atom stereocenters. The van der Waals surface area contributed by atoms with E-state index in [0.717, 1.165) is 18.7 Å². The number of hydrogen-bond acceptors (Lipinski definition) is 3. The molecule has 1 heterocycles. The molecule has 1 aromatic rings. The van der Waals surface area contributed by atoms with E-state index >= 15 is 0 Å². The van der Waals surface area contributed by atoms with E-state index in [0.29, 0.717) is 19.5 Å². The van der Waals surface area contributed by atoms with Crippen molar-refractivity contribution in [3.63, 3.8) is 0 Å². The predicted octanol–water partition coefficient (Wildman–Crippen LogP) is 1.78. The number of aromatic nitrogens is 2. The van der Waals surface area contributed by atoms with Crippen LogP contribution in [-0.4, -0.2) is 34.3 Å². The normalized spacial score (nSPS) is 11.7. The molecule has 0 aliphatic rings. The van der Waals surface area contributed by atoms with Crippen molar-refractivity contribution in [2.45, 2.75) is 59.5 Å². The third-order valence-corrected chi connectivity index (χ3v) is 2.98. The molecule has 0 radical (unpaired) electrons. The Morgan fingerprint density at radius 3 is 2.55 bits per heavy atom. The van der Waals surface area contributed by atoms with Crippen LogP contribution >= 0.6 is 0 Å². The maximum absolute atomic E-state index is 11.6. The second-order valence-electron chi connectivity index (χ2n) is 6.28. The highest BCUT2D eigenvalue weighted by Gasteiger charge is 2.09. The fraction of sp³-hybridized carbons (Fsp3) is 0.733. The van der Waals surface area contributed by atoms with E-state index in [2.05, 4.69) is 49.5 Å². The van der Waals surface area contributed by atoms with Crippen molar-refractivity contribution in [3.8, 4) is 0 Å². The third kappa shape index (κ3) is 6.70. The molecule has 0 spiro atoms. The van der Waals surface area contributed by atoms with Gasteiger partial charge in [0.2, 0.25) is 5.91 Å². The fourth-order valence-corrected chi connectivity index (χ4v) is 2.00. The van der Waals surface area contributed by atoms with Gasteiger partial charge in [-0.2, -0.15) is 5.10 Å². The molecule has 5 heteroatoms. The molecule has 20 heavy (non-hydrogen) atoms. The van der Waals surface area contributed by atoms with Gasteiger partial charge in [0.15, 0.2) is 0 Å². The molecule has 0 fully saturated rings. The summed E-state index contributed by atoms with van der Waals surface area (Å²) in [6.07, 6.45) is 1.43. The molecule has 1 aromatic heterocycles. The Bertz CT molecular complexity index is 432. The molecule has 0 aliphatic carbocycles. The Morgan fingerprint density at radius 2 is 2.00 bits per heavy atom. The lowest BCUT2D eigenvalue weighted by molar-refractivity contribution is -0.121. The SMILES string of the molecule is Cc1cc(C)n(CCCNC(=O)CCNC(C)(C)C)n1. The van der Waals surface area contributed by atoms with Gasteiger partial charge >= 0.3 is 0 Å². The lowest BCUT2D eigenvalue weighted by Gasteiger charge is -2.20. The smallest absolute Gasteiger partial charge is 0.221 e. The molecular weight excluding hydrogens is 252 g/mol. The van der Waals surface area contributed by atoms with Crippen LogP contribution in [0.3, 0.4) is 0 Å². The second-order valence-corrected chi connectivity index (χ2v) is 6.28. The zero-order chi connectivity index (χ0) is 15.2. The monoisotopic (exact) mass is 280 g/mol. The van der Waals surface area contributed by atoms with Crippen LogP contribution in [0.25, 0.3) is 0 Å². The van der Waals surface area contributed by atoms with Crippen molar-refractivity contribution >= 4 is 5.91 Å². The van der Waals surface area contributed by atoms with Gasteiger partial charge in [-0.15, -0.1) is 0 Å². The number of hydrogen-bond donors (Lipinski definition) is 2. The van der Waals surface area contributed by atoms with Crippen LogP contribution in [0, 0.1) is 13.8 Å². The summed E-state index contributed by atoms with van der Waals surface area (Å²) in [6.45, 7) is 12.6. The standard InChI is InChI=1S/C15H28N4O/c1-12-11-13(2)19(18-12)10-6-8-16-14(20)7-9-17-15(3,4)5/h11,17H,6-10H2,1-5H3,(H,16,20). The molecule has 0 saturated carbocycles. The zero-order valence-electron chi connectivity index (χ0n) is 13.4. The number of amides is 1. The van der Waals surface area contributed by atoms with Gasteiger partial charge in [0.05, 0.1) is 5.69 Å². The molecule has 0 bridgehead atoms. The summed E-state index contributed by atoms with van der Waals surface area (Å²) in [6, 6.07) is 2.07. The molecule has 0 aliphatic heterocycles. The van der Waals surface area contributed by atoms with E-state index in [1.54, 1.807) is 0 Å². The van der Waals surface area contributed by atoms with E-state index in [-0.39, 0.29) is 11.4 Å². The predicted molar refractivity (Wildman–Crippen MR) is 81.7 cm³/mol. The van der Waals surface area contributed by atoms with E-state index in [4.69, 9.17) is 0 Å². The first kappa shape index (κ1) is 16.7. The summed E-state index contributed by atoms with van der Waals surface area (Å²) in [5.41, 5.74) is 2.28. The van der Waals surface area contributed by atoms with Crippen LogP contribution < -0.4 is 10.6 Å². The number of rotatable bonds is 7. The molecule has 1 rings (SSSR count). The first-order valence-electron chi connectivity index (χ1n) is 7.31. The van der Waals surface area contributed by atoms with Crippen molar-refractivity contribution in [3.05, 3.63) is 17.5 Å². The first-order chi connectivity index (χ1) is 9.28. The molecule has 0 atom stereocenters. The quantitative estimate of drug-likeness (QED) is 0.749. The minimum Gasteiger partial charge on any atom is -0.356 e. The maximum atomic E-state index is 11.6. The van der Waals surface area contributed by atoms with Gasteiger partial charge in [-0.05, 0) is 47.1 Å². The molecule has 114 valence electrons. The number of carbonyl (C=O) groups is 1. The third-order valence-electron chi connectivity index (χ3n) is 2.98. The van der Waals surface area contributed by atoms with Gasteiger partial charge in [0.25, 0.3) is 0 Å². The van der Waals surface area contributed by atoms with Crippen LogP contribution in [0.1, 0.15) is 45.0 Å². The average Bonchev–Trinajstić information content (AvgIpc) is 2.62. The first-order valence-corrected chi connectivity index (χ1v) is 7.31. The van der Waals surface area contributed by atoms with Gasteiger partial charge in [-0.25, -0.2) is 0 Å². The Balaban J connectivity index is 2.12. The lowest BCUT2D eigenvalue weighted by atomic mass is 10.1. The van der Waals surface area contributed by atoms with Crippen LogP contribution in [-0.2, 0) is 11.3 Å². The van der Waals surface area contributed by atoms with E-state index in [9.17, 15) is 4.79 Å². The summed E-state index contributed by atoms with van der Waals surface area (Å²) in [4.78, 5) is 11.6. The summed E-state index contributed by atoms with van der Waals surface area (Å²) < 4.78 is 1.99. The largest absolute Gasteiger partial charge is 0.356 e. The van der Waals surface area contributed by atoms with Gasteiger partial charge in [-0.3, -0.25) is 9.48 Å². The molecular formula is C15H28N4O. The van der Waals surface area contributed by atoms with Crippen molar-refractivity contribution in [2.75, 3.05) is 13.1 Å². The van der Waals surface area contributed by atoms with Crippen molar-refractivity contribution < 1.29 is 4.79 Å². The number of aryl methyl sites for hydroxylation is 3. The van der Waals surface area contributed by atoms with Crippen molar-refractivity contribution in [1.29, 1.82) is 0 Å². The molecule has 0 aromatic carbocycles. The van der Waals surface area contributed by atoms with Gasteiger partial charge in [-0.1, -0.05) is 0 Å². The maximum Gasteiger partial charge on any atom is 0.221 e. The fourth-order valence-electron chi connectivity index (χ4n) is 2.00. The highest BCUT2D eigenvalue weighted by Crippen LogP contribution is 2.02. The van der Waals surface area contributed by atoms with E-state index < -0.39 is 0 Å². The molecule has 0 saturated heterocycles. The van der Waals surface area contributed by atoms with Gasteiger partial charge in [0.1, 0.15) is 0 Å². The summed E-state index contributed by atoms with van der Waals surface area (Å²) in [5, 5.41) is 10.6. The van der Waals surface area contributed by atoms with Crippen LogP contribution in [0.2, 0.25) is 0 Å². The minimum atomic E-state index is 0.0652. The summed E-state index contributed by atoms with van der Waals surface area (Å²) in [5.74, 6) is 0.107. The minimum absolute atomic E-state index is 0.0652. The Labute approximate surface area is 122 Å². The van der Waals surface area contributed by atoms with Crippen molar-refractivity contribution in [1.82, 2.24) is 20.4 Å². The van der Waals surface area contributed by atoms with Crippen LogP contribution in [0.4, 0.5) is 0 Å². The Hall–Kier alpha value is -1.36. The highest BCUT2D eigenvalue weighted by atomic mass is 16.1. The lowest BCUT2D eigenvalue weighted by Crippen LogP contribution is -2.38. The van der Waals surface area contributed by atoms with E-state index in [1.807, 2.05) is 11.6 Å². The van der Waals surface area contributed by atoms with Crippen LogP contribution in [0.5, 0.6) is 0 Å².